The van der Waals surface area contributed by atoms with E-state index in [0.29, 0.717) is 21.6 Å². The molecule has 1 N–H and O–H groups in total. The lowest BCUT2D eigenvalue weighted by Crippen LogP contribution is -1.98. The summed E-state index contributed by atoms with van der Waals surface area (Å²) in [5.41, 5.74) is 0.576. The van der Waals surface area contributed by atoms with E-state index in [1.54, 1.807) is 0 Å². The van der Waals surface area contributed by atoms with Gasteiger partial charge in [-0.15, -0.1) is 11.3 Å². The molecule has 0 amide bonds. The zero-order valence-corrected chi connectivity index (χ0v) is 12.4. The minimum Gasteiger partial charge on any atom is -0.379 e. The Kier molecular flexibility index (Phi) is 4.31. The molecule has 0 saturated heterocycles. The number of benzene rings is 1. The predicted octanol–water partition coefficient (Wildman–Crippen LogP) is 5.57. The molecule has 0 fully saturated rings. The maximum Gasteiger partial charge on any atom is 0.125 e. The highest BCUT2D eigenvalue weighted by molar-refractivity contribution is 9.10. The maximum absolute atomic E-state index is 13.0. The Labute approximate surface area is 121 Å². The Hall–Kier alpha value is -0.290. The van der Waals surface area contributed by atoms with E-state index in [1.165, 1.54) is 29.5 Å². The van der Waals surface area contributed by atoms with Gasteiger partial charge in [0.15, 0.2) is 0 Å². The number of anilines is 1. The largest absolute Gasteiger partial charge is 0.379 e. The minimum absolute atomic E-state index is 0.317. The van der Waals surface area contributed by atoms with Crippen LogP contribution in [0.25, 0.3) is 0 Å². The van der Waals surface area contributed by atoms with Crippen LogP contribution in [0.2, 0.25) is 9.36 Å². The number of halogens is 4. The zero-order chi connectivity index (χ0) is 12.4. The number of rotatable bonds is 3. The highest BCUT2D eigenvalue weighted by atomic mass is 79.9. The van der Waals surface area contributed by atoms with Crippen molar-refractivity contribution in [1.82, 2.24) is 0 Å². The molecule has 1 heterocycles. The van der Waals surface area contributed by atoms with Gasteiger partial charge in [0.1, 0.15) is 10.2 Å². The first kappa shape index (κ1) is 13.1. The van der Waals surface area contributed by atoms with Gasteiger partial charge in [-0.3, -0.25) is 0 Å². The smallest absolute Gasteiger partial charge is 0.125 e. The molecule has 6 heteroatoms. The molecule has 2 rings (SSSR count). The van der Waals surface area contributed by atoms with Crippen molar-refractivity contribution in [2.24, 2.45) is 0 Å². The second-order valence-corrected chi connectivity index (χ2v) is 6.31. The normalized spacial score (nSPS) is 10.6. The summed E-state index contributed by atoms with van der Waals surface area (Å²) in [4.78, 5) is 1.04. The second-order valence-electron chi connectivity index (χ2n) is 3.31. The lowest BCUT2D eigenvalue weighted by molar-refractivity contribution is 0.628. The van der Waals surface area contributed by atoms with Crippen LogP contribution in [-0.2, 0) is 6.54 Å². The average Bonchev–Trinajstić information content (AvgIpc) is 2.60. The van der Waals surface area contributed by atoms with Crippen molar-refractivity contribution in [2.75, 3.05) is 5.32 Å². The van der Waals surface area contributed by atoms with Crippen LogP contribution in [-0.4, -0.2) is 0 Å². The van der Waals surface area contributed by atoms with Gasteiger partial charge < -0.3 is 5.32 Å². The lowest BCUT2D eigenvalue weighted by Gasteiger charge is -2.06. The number of nitrogens with one attached hydrogen (secondary N) is 1. The van der Waals surface area contributed by atoms with Crippen LogP contribution < -0.4 is 5.32 Å². The van der Waals surface area contributed by atoms with Crippen LogP contribution in [0.15, 0.2) is 28.7 Å². The van der Waals surface area contributed by atoms with Crippen LogP contribution in [0.5, 0.6) is 0 Å². The van der Waals surface area contributed by atoms with Gasteiger partial charge in [-0.2, -0.15) is 0 Å². The third kappa shape index (κ3) is 3.35. The first-order valence-corrected chi connectivity index (χ1v) is 7.05. The molecular weight excluding hydrogens is 348 g/mol. The number of thiophene rings is 1. The fraction of sp³-hybridized carbons (Fsp3) is 0.0909. The molecule has 0 aliphatic carbocycles. The first-order valence-electron chi connectivity index (χ1n) is 4.69. The highest BCUT2D eigenvalue weighted by Gasteiger charge is 2.06. The van der Waals surface area contributed by atoms with E-state index >= 15 is 0 Å². The van der Waals surface area contributed by atoms with Crippen LogP contribution in [0.1, 0.15) is 4.88 Å². The molecule has 1 aromatic heterocycles. The SMILES string of the molecule is Fc1ccc(Cl)c(NCc2cc(Br)c(Cl)s2)c1. The van der Waals surface area contributed by atoms with Gasteiger partial charge in [0.05, 0.1) is 10.7 Å². The molecule has 1 nitrogen and oxygen atoms in total. The summed E-state index contributed by atoms with van der Waals surface area (Å²) in [6, 6.07) is 6.14. The van der Waals surface area contributed by atoms with E-state index in [-0.39, 0.29) is 5.82 Å². The quantitative estimate of drug-likeness (QED) is 0.759. The standard InChI is InChI=1S/C11H7BrCl2FNS/c12-8-4-7(17-11(8)14)5-16-10-3-6(15)1-2-9(10)13/h1-4,16H,5H2. The Morgan fingerprint density at radius 1 is 1.29 bits per heavy atom. The molecule has 2 aromatic rings. The number of hydrogen-bond acceptors (Lipinski definition) is 2. The van der Waals surface area contributed by atoms with Crippen LogP contribution >= 0.6 is 50.5 Å². The van der Waals surface area contributed by atoms with Gasteiger partial charge in [-0.05, 0) is 40.2 Å². The first-order chi connectivity index (χ1) is 8.06. The fourth-order valence-corrected chi connectivity index (χ4v) is 3.21. The van der Waals surface area contributed by atoms with Crippen molar-refractivity contribution in [3.05, 3.63) is 48.8 Å². The van der Waals surface area contributed by atoms with Crippen LogP contribution in [0.4, 0.5) is 10.1 Å². The molecule has 17 heavy (non-hydrogen) atoms. The monoisotopic (exact) mass is 353 g/mol. The number of hydrogen-bond donors (Lipinski definition) is 1. The van der Waals surface area contributed by atoms with Gasteiger partial charge in [0, 0.05) is 15.9 Å². The van der Waals surface area contributed by atoms with Crippen molar-refractivity contribution < 1.29 is 4.39 Å². The lowest BCUT2D eigenvalue weighted by atomic mass is 10.3. The molecule has 0 radical (unpaired) electrons. The van der Waals surface area contributed by atoms with Crippen molar-refractivity contribution >= 4 is 56.2 Å². The highest BCUT2D eigenvalue weighted by Crippen LogP contribution is 2.32. The average molecular weight is 355 g/mol. The summed E-state index contributed by atoms with van der Waals surface area (Å²) < 4.78 is 14.6. The fourth-order valence-electron chi connectivity index (χ4n) is 1.29. The second kappa shape index (κ2) is 5.57. The van der Waals surface area contributed by atoms with E-state index in [1.807, 2.05) is 6.07 Å². The van der Waals surface area contributed by atoms with Crippen molar-refractivity contribution in [3.8, 4) is 0 Å². The minimum atomic E-state index is -0.317. The summed E-state index contributed by atoms with van der Waals surface area (Å²) in [6.45, 7) is 0.555. The molecule has 0 atom stereocenters. The van der Waals surface area contributed by atoms with E-state index in [2.05, 4.69) is 21.2 Å². The van der Waals surface area contributed by atoms with Gasteiger partial charge in [0.25, 0.3) is 0 Å². The molecule has 90 valence electrons. The summed E-state index contributed by atoms with van der Waals surface area (Å²) in [6.07, 6.45) is 0. The summed E-state index contributed by atoms with van der Waals surface area (Å²) in [5, 5.41) is 3.56. The van der Waals surface area contributed by atoms with Crippen LogP contribution in [0, 0.1) is 5.82 Å². The zero-order valence-electron chi connectivity index (χ0n) is 8.44. The molecular formula is C11H7BrCl2FNS. The maximum atomic E-state index is 13.0. The van der Waals surface area contributed by atoms with Crippen molar-refractivity contribution in [1.29, 1.82) is 0 Å². The predicted molar refractivity (Wildman–Crippen MR) is 75.8 cm³/mol. The summed E-state index contributed by atoms with van der Waals surface area (Å²) in [7, 11) is 0. The Morgan fingerprint density at radius 2 is 2.06 bits per heavy atom. The molecule has 0 bridgehead atoms. The Balaban J connectivity index is 2.09. The van der Waals surface area contributed by atoms with E-state index in [4.69, 9.17) is 23.2 Å². The van der Waals surface area contributed by atoms with Gasteiger partial charge in [0.2, 0.25) is 0 Å². The van der Waals surface area contributed by atoms with Crippen molar-refractivity contribution in [2.45, 2.75) is 6.54 Å². The summed E-state index contributed by atoms with van der Waals surface area (Å²) >= 11 is 16.7. The molecule has 0 aliphatic rings. The molecule has 0 aliphatic heterocycles. The van der Waals surface area contributed by atoms with E-state index in [0.717, 1.165) is 9.35 Å². The van der Waals surface area contributed by atoms with Crippen LogP contribution in [0.3, 0.4) is 0 Å². The van der Waals surface area contributed by atoms with E-state index in [9.17, 15) is 4.39 Å². The third-order valence-corrected chi connectivity index (χ3v) is 4.88. The Bertz CT molecular complexity index is 525. The molecule has 0 spiro atoms. The van der Waals surface area contributed by atoms with Gasteiger partial charge >= 0.3 is 0 Å². The van der Waals surface area contributed by atoms with Crippen molar-refractivity contribution in [3.63, 3.8) is 0 Å². The molecule has 1 aromatic carbocycles. The van der Waals surface area contributed by atoms with E-state index < -0.39 is 0 Å². The Morgan fingerprint density at radius 3 is 2.71 bits per heavy atom. The topological polar surface area (TPSA) is 12.0 Å². The summed E-state index contributed by atoms with van der Waals surface area (Å²) in [5.74, 6) is -0.317. The molecule has 0 saturated carbocycles. The van der Waals surface area contributed by atoms with Gasteiger partial charge in [-0.25, -0.2) is 4.39 Å². The third-order valence-electron chi connectivity index (χ3n) is 2.08. The van der Waals surface area contributed by atoms with Gasteiger partial charge in [-0.1, -0.05) is 23.2 Å². The molecule has 0 unspecified atom stereocenters.